The van der Waals surface area contributed by atoms with Crippen LogP contribution in [0.3, 0.4) is 0 Å². The molecule has 0 N–H and O–H groups in total. The van der Waals surface area contributed by atoms with Gasteiger partial charge >= 0.3 is 0 Å². The highest BCUT2D eigenvalue weighted by molar-refractivity contribution is 4.80. The lowest BCUT2D eigenvalue weighted by atomic mass is 10.0. The van der Waals surface area contributed by atoms with Gasteiger partial charge in [-0.2, -0.15) is 5.26 Å². The largest absolute Gasteiger partial charge is 0.198 e. The zero-order valence-corrected chi connectivity index (χ0v) is 5.35. The minimum Gasteiger partial charge on any atom is -0.198 e. The van der Waals surface area contributed by atoms with Crippen LogP contribution in [-0.2, 0) is 0 Å². The number of nitriles is 1. The van der Waals surface area contributed by atoms with Crippen molar-refractivity contribution >= 4 is 0 Å². The topological polar surface area (TPSA) is 23.8 Å². The molecule has 0 heterocycles. The molecule has 0 aromatic carbocycles. The van der Waals surface area contributed by atoms with E-state index in [0.29, 0.717) is 0 Å². The van der Waals surface area contributed by atoms with Crippen molar-refractivity contribution in [3.63, 3.8) is 0 Å². The first-order valence-corrected chi connectivity index (χ1v) is 3.04. The highest BCUT2D eigenvalue weighted by Gasteiger charge is 1.99. The van der Waals surface area contributed by atoms with E-state index in [1.54, 1.807) is 0 Å². The van der Waals surface area contributed by atoms with Crippen LogP contribution >= 0.6 is 0 Å². The monoisotopic (exact) mass is 110 g/mol. The average molecular weight is 110 g/mol. The van der Waals surface area contributed by atoms with Gasteiger partial charge in [0.1, 0.15) is 0 Å². The summed E-state index contributed by atoms with van der Waals surface area (Å²) < 4.78 is 0. The van der Waals surface area contributed by atoms with Crippen molar-refractivity contribution in [1.29, 1.82) is 5.26 Å². The second-order valence-electron chi connectivity index (χ2n) is 1.88. The molecule has 0 spiro atoms. The normalized spacial score (nSPS) is 12.6. The molecule has 0 bridgehead atoms. The molecule has 0 fully saturated rings. The molecule has 1 atom stereocenters. The Hall–Kier alpha value is -0.510. The van der Waals surface area contributed by atoms with Crippen LogP contribution in [0.2, 0.25) is 0 Å². The average Bonchev–Trinajstić information content (AvgIpc) is 1.83. The van der Waals surface area contributed by atoms with Crippen LogP contribution < -0.4 is 0 Å². The standard InChI is InChI=1S/C7H12N/c1-3-5-7(4-2)6-8/h7H,1,3-5H2,2H3. The summed E-state index contributed by atoms with van der Waals surface area (Å²) in [5.74, 6) is 0.243. The van der Waals surface area contributed by atoms with Crippen molar-refractivity contribution in [2.45, 2.75) is 26.2 Å². The van der Waals surface area contributed by atoms with Gasteiger partial charge in [-0.25, -0.2) is 0 Å². The van der Waals surface area contributed by atoms with Gasteiger partial charge in [0.25, 0.3) is 0 Å². The Kier molecular flexibility index (Phi) is 4.35. The third-order valence-corrected chi connectivity index (χ3v) is 1.23. The highest BCUT2D eigenvalue weighted by Crippen LogP contribution is 2.07. The summed E-state index contributed by atoms with van der Waals surface area (Å²) in [6, 6.07) is 2.21. The maximum absolute atomic E-state index is 8.38. The highest BCUT2D eigenvalue weighted by atomic mass is 14.3. The van der Waals surface area contributed by atoms with Gasteiger partial charge in [-0.15, -0.1) is 0 Å². The van der Waals surface area contributed by atoms with E-state index < -0.39 is 0 Å². The van der Waals surface area contributed by atoms with E-state index in [9.17, 15) is 0 Å². The molecule has 0 rings (SSSR count). The summed E-state index contributed by atoms with van der Waals surface area (Å²) in [6.07, 6.45) is 2.80. The first kappa shape index (κ1) is 7.49. The van der Waals surface area contributed by atoms with E-state index in [4.69, 9.17) is 5.26 Å². The molecule has 0 aliphatic rings. The molecule has 0 aliphatic carbocycles. The summed E-state index contributed by atoms with van der Waals surface area (Å²) >= 11 is 0. The molecule has 0 saturated carbocycles. The van der Waals surface area contributed by atoms with Crippen molar-refractivity contribution in [3.8, 4) is 6.07 Å². The SMILES string of the molecule is [CH2]CCC(C#N)CC. The third-order valence-electron chi connectivity index (χ3n) is 1.23. The van der Waals surface area contributed by atoms with Crippen molar-refractivity contribution in [3.05, 3.63) is 6.92 Å². The summed E-state index contributed by atoms with van der Waals surface area (Å²) in [5, 5.41) is 8.38. The van der Waals surface area contributed by atoms with Crippen molar-refractivity contribution < 1.29 is 0 Å². The fourth-order valence-corrected chi connectivity index (χ4v) is 0.606. The molecule has 0 aromatic heterocycles. The van der Waals surface area contributed by atoms with Gasteiger partial charge < -0.3 is 0 Å². The van der Waals surface area contributed by atoms with Crippen LogP contribution in [0.15, 0.2) is 0 Å². The summed E-state index contributed by atoms with van der Waals surface area (Å²) in [5.41, 5.74) is 0. The van der Waals surface area contributed by atoms with E-state index in [1.807, 2.05) is 6.92 Å². The Bertz CT molecular complexity index is 80.9. The van der Waals surface area contributed by atoms with Gasteiger partial charge in [-0.3, -0.25) is 0 Å². The van der Waals surface area contributed by atoms with Crippen molar-refractivity contribution in [2.24, 2.45) is 5.92 Å². The van der Waals surface area contributed by atoms with E-state index in [2.05, 4.69) is 13.0 Å². The molecular formula is C7H12N. The van der Waals surface area contributed by atoms with Crippen LogP contribution in [0.4, 0.5) is 0 Å². The fraction of sp³-hybridized carbons (Fsp3) is 0.714. The molecule has 1 radical (unpaired) electrons. The number of nitrogens with zero attached hydrogens (tertiary/aromatic N) is 1. The molecule has 45 valence electrons. The molecule has 1 unspecified atom stereocenters. The van der Waals surface area contributed by atoms with Gasteiger partial charge in [0, 0.05) is 5.92 Å². The minimum atomic E-state index is 0.243. The number of rotatable bonds is 3. The van der Waals surface area contributed by atoms with E-state index in [-0.39, 0.29) is 5.92 Å². The molecule has 0 saturated heterocycles. The smallest absolute Gasteiger partial charge is 0.0655 e. The Labute approximate surface area is 51.3 Å². The molecule has 1 heteroatoms. The van der Waals surface area contributed by atoms with Gasteiger partial charge in [0.2, 0.25) is 0 Å². The van der Waals surface area contributed by atoms with Gasteiger partial charge in [0.15, 0.2) is 0 Å². The van der Waals surface area contributed by atoms with E-state index >= 15 is 0 Å². The molecule has 1 nitrogen and oxygen atoms in total. The van der Waals surface area contributed by atoms with Crippen LogP contribution in [0.5, 0.6) is 0 Å². The molecule has 0 amide bonds. The molecular weight excluding hydrogens is 98.1 g/mol. The van der Waals surface area contributed by atoms with Crippen molar-refractivity contribution in [1.82, 2.24) is 0 Å². The van der Waals surface area contributed by atoms with Crippen LogP contribution in [0.1, 0.15) is 26.2 Å². The number of hydrogen-bond donors (Lipinski definition) is 0. The Morgan fingerprint density at radius 3 is 2.50 bits per heavy atom. The maximum Gasteiger partial charge on any atom is 0.0655 e. The van der Waals surface area contributed by atoms with Crippen LogP contribution in [0.25, 0.3) is 0 Å². The van der Waals surface area contributed by atoms with Gasteiger partial charge in [-0.05, 0) is 12.8 Å². The maximum atomic E-state index is 8.38. The van der Waals surface area contributed by atoms with Crippen LogP contribution in [-0.4, -0.2) is 0 Å². The van der Waals surface area contributed by atoms with Gasteiger partial charge in [-0.1, -0.05) is 20.3 Å². The van der Waals surface area contributed by atoms with E-state index in [0.717, 1.165) is 19.3 Å². The zero-order chi connectivity index (χ0) is 6.41. The van der Waals surface area contributed by atoms with E-state index in [1.165, 1.54) is 0 Å². The second kappa shape index (κ2) is 4.64. The number of hydrogen-bond acceptors (Lipinski definition) is 1. The first-order chi connectivity index (χ1) is 3.85. The van der Waals surface area contributed by atoms with Crippen LogP contribution in [0, 0.1) is 24.2 Å². The summed E-state index contributed by atoms with van der Waals surface area (Å²) in [6.45, 7) is 5.70. The lowest BCUT2D eigenvalue weighted by Crippen LogP contribution is -1.91. The second-order valence-corrected chi connectivity index (χ2v) is 1.88. The predicted octanol–water partition coefficient (Wildman–Crippen LogP) is 2.15. The van der Waals surface area contributed by atoms with Gasteiger partial charge in [0.05, 0.1) is 6.07 Å². The Morgan fingerprint density at radius 1 is 1.75 bits per heavy atom. The Morgan fingerprint density at radius 2 is 2.38 bits per heavy atom. The molecule has 0 aliphatic heterocycles. The zero-order valence-electron chi connectivity index (χ0n) is 5.35. The van der Waals surface area contributed by atoms with Crippen molar-refractivity contribution in [2.75, 3.05) is 0 Å². The lowest BCUT2D eigenvalue weighted by Gasteiger charge is -1.99. The third kappa shape index (κ3) is 2.63. The molecule has 8 heavy (non-hydrogen) atoms. The first-order valence-electron chi connectivity index (χ1n) is 3.04. The lowest BCUT2D eigenvalue weighted by molar-refractivity contribution is 0.590. The minimum absolute atomic E-state index is 0.243. The quantitative estimate of drug-likeness (QED) is 0.546. The fourth-order valence-electron chi connectivity index (χ4n) is 0.606. The Balaban J connectivity index is 3.26. The molecule has 0 aromatic rings. The summed E-state index contributed by atoms with van der Waals surface area (Å²) in [7, 11) is 0. The summed E-state index contributed by atoms with van der Waals surface area (Å²) in [4.78, 5) is 0. The predicted molar refractivity (Wildman–Crippen MR) is 34.0 cm³/mol.